The molecule has 3 rings (SSSR count). The quantitative estimate of drug-likeness (QED) is 0.550. The summed E-state index contributed by atoms with van der Waals surface area (Å²) in [6.07, 6.45) is 0.102. The van der Waals surface area contributed by atoms with Crippen molar-refractivity contribution >= 4 is 40.4 Å². The molecular weight excluding hydrogens is 392 g/mol. The van der Waals surface area contributed by atoms with Crippen LogP contribution in [0.1, 0.15) is 19.4 Å². The van der Waals surface area contributed by atoms with Crippen molar-refractivity contribution in [3.8, 4) is 5.75 Å². The Balaban J connectivity index is 1.66. The van der Waals surface area contributed by atoms with Gasteiger partial charge in [-0.05, 0) is 35.7 Å². The molecule has 0 radical (unpaired) electrons. The highest BCUT2D eigenvalue weighted by Crippen LogP contribution is 2.25. The number of benzene rings is 2. The lowest BCUT2D eigenvalue weighted by atomic mass is 10.0. The number of hydrogen-bond donors (Lipinski definition) is 3. The molecule has 0 aliphatic rings. The first kappa shape index (κ1) is 20.7. The summed E-state index contributed by atoms with van der Waals surface area (Å²) < 4.78 is 5.12. The van der Waals surface area contributed by atoms with Crippen LogP contribution in [0, 0.1) is 5.92 Å². The zero-order valence-electron chi connectivity index (χ0n) is 16.5. The summed E-state index contributed by atoms with van der Waals surface area (Å²) >= 11 is 6.11. The van der Waals surface area contributed by atoms with Crippen LogP contribution in [0.4, 0.5) is 5.95 Å². The molecule has 0 saturated carbocycles. The molecule has 2 aromatic carbocycles. The number of aromatic amines is 1. The van der Waals surface area contributed by atoms with Gasteiger partial charge in [0.25, 0.3) is 0 Å². The molecule has 2 amide bonds. The highest BCUT2D eigenvalue weighted by molar-refractivity contribution is 6.32. The number of carbonyl (C=O) groups excluding carboxylic acids is 2. The molecule has 0 fully saturated rings. The second-order valence-corrected chi connectivity index (χ2v) is 7.43. The van der Waals surface area contributed by atoms with Gasteiger partial charge in [-0.25, -0.2) is 4.98 Å². The van der Waals surface area contributed by atoms with E-state index in [-0.39, 0.29) is 24.2 Å². The number of nitrogens with zero attached hydrogens (tertiary/aromatic N) is 1. The van der Waals surface area contributed by atoms with Crippen LogP contribution in [0.5, 0.6) is 5.75 Å². The maximum Gasteiger partial charge on any atom is 0.249 e. The number of nitrogens with one attached hydrogen (secondary N) is 3. The van der Waals surface area contributed by atoms with Gasteiger partial charge < -0.3 is 15.0 Å². The van der Waals surface area contributed by atoms with Crippen molar-refractivity contribution in [3.63, 3.8) is 0 Å². The summed E-state index contributed by atoms with van der Waals surface area (Å²) in [5.41, 5.74) is 2.31. The number of amides is 2. The van der Waals surface area contributed by atoms with Crippen LogP contribution >= 0.6 is 11.6 Å². The third kappa shape index (κ3) is 5.06. The third-order valence-electron chi connectivity index (χ3n) is 4.48. The largest absolute Gasteiger partial charge is 0.495 e. The summed E-state index contributed by atoms with van der Waals surface area (Å²) in [5.74, 6) is 0.173. The molecule has 7 nitrogen and oxygen atoms in total. The van der Waals surface area contributed by atoms with Gasteiger partial charge in [-0.3, -0.25) is 14.9 Å². The Morgan fingerprint density at radius 1 is 1.21 bits per heavy atom. The standard InChI is InChI=1S/C21H23ClN4O3/c1-12(2)19(20(28)26-21-23-15-6-4-5-7-16(15)24-21)25-18(27)11-13-8-9-17(29-3)14(22)10-13/h4-10,12,19H,11H2,1-3H3,(H,25,27)(H2,23,24,26,28)/t19-/m0/s1. The minimum atomic E-state index is -0.704. The fourth-order valence-corrected chi connectivity index (χ4v) is 3.25. The van der Waals surface area contributed by atoms with E-state index in [2.05, 4.69) is 20.6 Å². The van der Waals surface area contributed by atoms with E-state index in [4.69, 9.17) is 16.3 Å². The molecule has 0 aliphatic heterocycles. The van der Waals surface area contributed by atoms with Gasteiger partial charge in [0.15, 0.2) is 0 Å². The van der Waals surface area contributed by atoms with Crippen LogP contribution < -0.4 is 15.4 Å². The number of methoxy groups -OCH3 is 1. The van der Waals surface area contributed by atoms with Gasteiger partial charge in [0.1, 0.15) is 11.8 Å². The summed E-state index contributed by atoms with van der Waals surface area (Å²) in [4.78, 5) is 32.6. The lowest BCUT2D eigenvalue weighted by Gasteiger charge is -2.21. The molecule has 1 heterocycles. The van der Waals surface area contributed by atoms with Crippen molar-refractivity contribution in [3.05, 3.63) is 53.1 Å². The van der Waals surface area contributed by atoms with Gasteiger partial charge in [0.05, 0.1) is 29.6 Å². The number of halogens is 1. The normalized spacial score (nSPS) is 12.0. The average molecular weight is 415 g/mol. The number of carbonyl (C=O) groups is 2. The average Bonchev–Trinajstić information content (AvgIpc) is 3.08. The first-order valence-electron chi connectivity index (χ1n) is 9.24. The zero-order chi connectivity index (χ0) is 21.0. The van der Waals surface area contributed by atoms with Gasteiger partial charge in [-0.1, -0.05) is 43.6 Å². The van der Waals surface area contributed by atoms with Crippen LogP contribution in [0.15, 0.2) is 42.5 Å². The summed E-state index contributed by atoms with van der Waals surface area (Å²) in [6, 6.07) is 11.9. The summed E-state index contributed by atoms with van der Waals surface area (Å²) in [5, 5.41) is 5.98. The van der Waals surface area contributed by atoms with E-state index >= 15 is 0 Å². The highest BCUT2D eigenvalue weighted by atomic mass is 35.5. The molecule has 0 bridgehead atoms. The summed E-state index contributed by atoms with van der Waals surface area (Å²) in [6.45, 7) is 3.74. The Morgan fingerprint density at radius 3 is 2.62 bits per heavy atom. The maximum atomic E-state index is 12.7. The molecule has 0 unspecified atom stereocenters. The Labute approximate surface area is 173 Å². The first-order valence-corrected chi connectivity index (χ1v) is 9.62. The molecule has 0 aliphatic carbocycles. The molecule has 3 N–H and O–H groups in total. The Morgan fingerprint density at radius 2 is 1.97 bits per heavy atom. The number of imidazole rings is 1. The van der Waals surface area contributed by atoms with E-state index in [0.29, 0.717) is 16.7 Å². The molecule has 1 atom stereocenters. The van der Waals surface area contributed by atoms with Crippen LogP contribution in [0.3, 0.4) is 0 Å². The molecule has 152 valence electrons. The number of hydrogen-bond acceptors (Lipinski definition) is 4. The van der Waals surface area contributed by atoms with E-state index in [0.717, 1.165) is 16.6 Å². The van der Waals surface area contributed by atoms with Gasteiger partial charge in [-0.15, -0.1) is 0 Å². The van der Waals surface area contributed by atoms with Crippen molar-refractivity contribution in [2.45, 2.75) is 26.3 Å². The molecule has 0 spiro atoms. The van der Waals surface area contributed by atoms with Gasteiger partial charge in [0.2, 0.25) is 17.8 Å². The van der Waals surface area contributed by atoms with Crippen LogP contribution in [0.25, 0.3) is 11.0 Å². The fraction of sp³-hybridized carbons (Fsp3) is 0.286. The van der Waals surface area contributed by atoms with Crippen molar-refractivity contribution < 1.29 is 14.3 Å². The van der Waals surface area contributed by atoms with E-state index in [9.17, 15) is 9.59 Å². The Bertz CT molecular complexity index is 999. The van der Waals surface area contributed by atoms with E-state index < -0.39 is 6.04 Å². The minimum absolute atomic E-state index is 0.102. The predicted molar refractivity (Wildman–Crippen MR) is 113 cm³/mol. The number of H-pyrrole nitrogens is 1. The number of rotatable bonds is 7. The Hall–Kier alpha value is -3.06. The van der Waals surface area contributed by atoms with Crippen molar-refractivity contribution in [2.24, 2.45) is 5.92 Å². The molecular formula is C21H23ClN4O3. The van der Waals surface area contributed by atoms with Crippen LogP contribution in [-0.4, -0.2) is 34.9 Å². The monoisotopic (exact) mass is 414 g/mol. The second-order valence-electron chi connectivity index (χ2n) is 7.03. The lowest BCUT2D eigenvalue weighted by molar-refractivity contribution is -0.127. The Kier molecular flexibility index (Phi) is 6.39. The predicted octanol–water partition coefficient (Wildman–Crippen LogP) is 3.55. The smallest absolute Gasteiger partial charge is 0.249 e. The van der Waals surface area contributed by atoms with Crippen molar-refractivity contribution in [2.75, 3.05) is 12.4 Å². The molecule has 1 aromatic heterocycles. The molecule has 29 heavy (non-hydrogen) atoms. The van der Waals surface area contributed by atoms with Gasteiger partial charge >= 0.3 is 0 Å². The number of fused-ring (bicyclic) bond motifs is 1. The maximum absolute atomic E-state index is 12.7. The van der Waals surface area contributed by atoms with Crippen molar-refractivity contribution in [1.82, 2.24) is 15.3 Å². The molecule has 3 aromatic rings. The number of para-hydroxylation sites is 2. The van der Waals surface area contributed by atoms with Crippen LogP contribution in [-0.2, 0) is 16.0 Å². The summed E-state index contributed by atoms with van der Waals surface area (Å²) in [7, 11) is 1.53. The third-order valence-corrected chi connectivity index (χ3v) is 4.77. The van der Waals surface area contributed by atoms with Crippen molar-refractivity contribution in [1.29, 1.82) is 0 Å². The van der Waals surface area contributed by atoms with E-state index in [1.54, 1.807) is 18.2 Å². The highest BCUT2D eigenvalue weighted by Gasteiger charge is 2.25. The molecule has 8 heteroatoms. The van der Waals surface area contributed by atoms with Gasteiger partial charge in [0, 0.05) is 0 Å². The van der Waals surface area contributed by atoms with Gasteiger partial charge in [-0.2, -0.15) is 0 Å². The molecule has 0 saturated heterocycles. The first-order chi connectivity index (χ1) is 13.9. The SMILES string of the molecule is COc1ccc(CC(=O)N[C@H](C(=O)Nc2nc3ccccc3[nH]2)C(C)C)cc1Cl. The number of ether oxygens (including phenoxy) is 1. The zero-order valence-corrected chi connectivity index (χ0v) is 17.2. The minimum Gasteiger partial charge on any atom is -0.495 e. The number of anilines is 1. The van der Waals surface area contributed by atoms with E-state index in [1.807, 2.05) is 38.1 Å². The second kappa shape index (κ2) is 8.96. The fourth-order valence-electron chi connectivity index (χ4n) is 2.97. The topological polar surface area (TPSA) is 96.1 Å². The lowest BCUT2D eigenvalue weighted by Crippen LogP contribution is -2.47. The number of aromatic nitrogens is 2. The van der Waals surface area contributed by atoms with Crippen LogP contribution in [0.2, 0.25) is 5.02 Å². The van der Waals surface area contributed by atoms with E-state index in [1.165, 1.54) is 7.11 Å².